The summed E-state index contributed by atoms with van der Waals surface area (Å²) in [5.74, 6) is 1.28. The molecule has 0 amide bonds. The van der Waals surface area contributed by atoms with Gasteiger partial charge in [-0.15, -0.1) is 0 Å². The van der Waals surface area contributed by atoms with Crippen LogP contribution < -0.4 is 14.2 Å². The lowest BCUT2D eigenvalue weighted by Crippen LogP contribution is -2.12. The normalized spacial score (nSPS) is 10.0. The Labute approximate surface area is 143 Å². The van der Waals surface area contributed by atoms with Gasteiger partial charge in [-0.1, -0.05) is 15.9 Å². The Morgan fingerprint density at radius 1 is 0.957 bits per heavy atom. The van der Waals surface area contributed by atoms with Gasteiger partial charge in [0.1, 0.15) is 36.0 Å². The zero-order chi connectivity index (χ0) is 16.7. The van der Waals surface area contributed by atoms with Gasteiger partial charge in [-0.3, -0.25) is 0 Å². The summed E-state index contributed by atoms with van der Waals surface area (Å²) in [5, 5.41) is 0. The van der Waals surface area contributed by atoms with E-state index in [4.69, 9.17) is 18.9 Å². The van der Waals surface area contributed by atoms with E-state index in [1.807, 2.05) is 24.3 Å². The number of benzene rings is 2. The molecule has 5 nitrogen and oxygen atoms in total. The topological polar surface area (TPSA) is 54.0 Å². The monoisotopic (exact) mass is 380 g/mol. The highest BCUT2D eigenvalue weighted by Gasteiger charge is 2.14. The number of ether oxygens (including phenoxy) is 4. The van der Waals surface area contributed by atoms with E-state index in [1.165, 1.54) is 7.11 Å². The van der Waals surface area contributed by atoms with Crippen LogP contribution >= 0.6 is 15.9 Å². The molecule has 0 bridgehead atoms. The Morgan fingerprint density at radius 3 is 2.26 bits per heavy atom. The molecular formula is C17H17BrO5. The molecule has 0 fully saturated rings. The highest BCUT2D eigenvalue weighted by atomic mass is 79.9. The Balaban J connectivity index is 1.95. The number of halogens is 1. The van der Waals surface area contributed by atoms with Gasteiger partial charge in [-0.25, -0.2) is 4.79 Å². The van der Waals surface area contributed by atoms with Gasteiger partial charge in [0.05, 0.1) is 14.2 Å². The van der Waals surface area contributed by atoms with Crippen LogP contribution in [0.25, 0.3) is 0 Å². The second kappa shape index (κ2) is 8.43. The van der Waals surface area contributed by atoms with Crippen molar-refractivity contribution in [3.8, 4) is 17.2 Å². The number of carbonyl (C=O) groups excluding carboxylic acids is 1. The zero-order valence-corrected chi connectivity index (χ0v) is 14.5. The molecule has 0 aromatic heterocycles. The minimum atomic E-state index is -0.462. The van der Waals surface area contributed by atoms with Crippen LogP contribution in [-0.4, -0.2) is 33.4 Å². The maximum absolute atomic E-state index is 11.7. The van der Waals surface area contributed by atoms with Gasteiger partial charge in [0.15, 0.2) is 0 Å². The van der Waals surface area contributed by atoms with E-state index in [2.05, 4.69) is 15.9 Å². The van der Waals surface area contributed by atoms with Gasteiger partial charge in [-0.05, 0) is 36.4 Å². The molecule has 0 saturated heterocycles. The van der Waals surface area contributed by atoms with E-state index in [0.717, 1.165) is 10.2 Å². The molecule has 0 N–H and O–H groups in total. The third kappa shape index (κ3) is 4.89. The SMILES string of the molecule is COC(=O)c1ccc(OC)cc1OCCOc1ccc(Br)cc1. The molecule has 0 aliphatic heterocycles. The van der Waals surface area contributed by atoms with Crippen LogP contribution in [0.4, 0.5) is 0 Å². The summed E-state index contributed by atoms with van der Waals surface area (Å²) in [6.07, 6.45) is 0. The quantitative estimate of drug-likeness (QED) is 0.541. The first-order valence-electron chi connectivity index (χ1n) is 6.91. The molecule has 0 heterocycles. The van der Waals surface area contributed by atoms with Gasteiger partial charge in [0.25, 0.3) is 0 Å². The second-order valence-corrected chi connectivity index (χ2v) is 5.42. The molecule has 0 unspecified atom stereocenters. The Kier molecular flexibility index (Phi) is 6.29. The molecule has 6 heteroatoms. The summed E-state index contributed by atoms with van der Waals surface area (Å²) < 4.78 is 22.1. The van der Waals surface area contributed by atoms with Crippen LogP contribution in [0.3, 0.4) is 0 Å². The van der Waals surface area contributed by atoms with Crippen LogP contribution in [0, 0.1) is 0 Å². The molecule has 0 aliphatic carbocycles. The largest absolute Gasteiger partial charge is 0.497 e. The van der Waals surface area contributed by atoms with Crippen LogP contribution in [-0.2, 0) is 4.74 Å². The summed E-state index contributed by atoms with van der Waals surface area (Å²) in [4.78, 5) is 11.7. The molecule has 0 spiro atoms. The molecule has 0 radical (unpaired) electrons. The Morgan fingerprint density at radius 2 is 1.61 bits per heavy atom. The van der Waals surface area contributed by atoms with Crippen molar-refractivity contribution in [2.75, 3.05) is 27.4 Å². The minimum Gasteiger partial charge on any atom is -0.497 e. The second-order valence-electron chi connectivity index (χ2n) is 4.50. The van der Waals surface area contributed by atoms with Crippen molar-refractivity contribution in [3.05, 3.63) is 52.5 Å². The van der Waals surface area contributed by atoms with Crippen LogP contribution in [0.15, 0.2) is 46.9 Å². The molecule has 122 valence electrons. The van der Waals surface area contributed by atoms with E-state index in [1.54, 1.807) is 25.3 Å². The molecular weight excluding hydrogens is 364 g/mol. The van der Waals surface area contributed by atoms with Crippen molar-refractivity contribution in [2.24, 2.45) is 0 Å². The fourth-order valence-electron chi connectivity index (χ4n) is 1.87. The van der Waals surface area contributed by atoms with Gasteiger partial charge in [-0.2, -0.15) is 0 Å². The average Bonchev–Trinajstić information content (AvgIpc) is 2.59. The average molecular weight is 381 g/mol. The minimum absolute atomic E-state index is 0.285. The maximum atomic E-state index is 11.7. The van der Waals surface area contributed by atoms with Crippen molar-refractivity contribution in [1.29, 1.82) is 0 Å². The van der Waals surface area contributed by atoms with E-state index >= 15 is 0 Å². The number of methoxy groups -OCH3 is 2. The van der Waals surface area contributed by atoms with E-state index < -0.39 is 5.97 Å². The summed E-state index contributed by atoms with van der Waals surface area (Å²) in [7, 11) is 2.88. The smallest absolute Gasteiger partial charge is 0.341 e. The van der Waals surface area contributed by atoms with Crippen LogP contribution in [0.5, 0.6) is 17.2 Å². The number of rotatable bonds is 7. The van der Waals surface area contributed by atoms with Gasteiger partial charge < -0.3 is 18.9 Å². The van der Waals surface area contributed by atoms with Gasteiger partial charge in [0.2, 0.25) is 0 Å². The Hall–Kier alpha value is -2.21. The van der Waals surface area contributed by atoms with Crippen molar-refractivity contribution in [1.82, 2.24) is 0 Å². The van der Waals surface area contributed by atoms with Gasteiger partial charge in [0, 0.05) is 10.5 Å². The number of hydrogen-bond acceptors (Lipinski definition) is 5. The van der Waals surface area contributed by atoms with Crippen molar-refractivity contribution in [2.45, 2.75) is 0 Å². The summed E-state index contributed by atoms with van der Waals surface area (Å²) in [6, 6.07) is 12.4. The molecule has 2 aromatic rings. The van der Waals surface area contributed by atoms with E-state index in [-0.39, 0.29) is 6.61 Å². The summed E-state index contributed by atoms with van der Waals surface area (Å²) in [5.41, 5.74) is 0.344. The first-order chi connectivity index (χ1) is 11.1. The highest BCUT2D eigenvalue weighted by molar-refractivity contribution is 9.10. The van der Waals surface area contributed by atoms with Crippen molar-refractivity contribution >= 4 is 21.9 Å². The highest BCUT2D eigenvalue weighted by Crippen LogP contribution is 2.25. The predicted octanol–water partition coefficient (Wildman–Crippen LogP) is 3.70. The van der Waals surface area contributed by atoms with Crippen molar-refractivity contribution in [3.63, 3.8) is 0 Å². The molecule has 2 rings (SSSR count). The van der Waals surface area contributed by atoms with E-state index in [0.29, 0.717) is 23.7 Å². The lowest BCUT2D eigenvalue weighted by Gasteiger charge is -2.12. The standard InChI is InChI=1S/C17H17BrO5/c1-20-14-7-8-15(17(19)21-2)16(11-14)23-10-9-22-13-5-3-12(18)4-6-13/h3-8,11H,9-10H2,1-2H3. The third-order valence-corrected chi connectivity index (χ3v) is 3.55. The lowest BCUT2D eigenvalue weighted by molar-refractivity contribution is 0.0595. The molecule has 23 heavy (non-hydrogen) atoms. The first kappa shape index (κ1) is 17.1. The third-order valence-electron chi connectivity index (χ3n) is 3.02. The number of esters is 1. The summed E-state index contributed by atoms with van der Waals surface area (Å²) >= 11 is 3.36. The Bertz CT molecular complexity index is 655. The molecule has 0 saturated carbocycles. The maximum Gasteiger partial charge on any atom is 0.341 e. The first-order valence-corrected chi connectivity index (χ1v) is 7.71. The number of hydrogen-bond donors (Lipinski definition) is 0. The van der Waals surface area contributed by atoms with Crippen LogP contribution in [0.2, 0.25) is 0 Å². The summed E-state index contributed by atoms with van der Waals surface area (Å²) in [6.45, 7) is 0.632. The van der Waals surface area contributed by atoms with Crippen molar-refractivity contribution < 1.29 is 23.7 Å². The lowest BCUT2D eigenvalue weighted by atomic mass is 10.2. The zero-order valence-electron chi connectivity index (χ0n) is 12.9. The van der Waals surface area contributed by atoms with Gasteiger partial charge >= 0.3 is 5.97 Å². The fourth-order valence-corrected chi connectivity index (χ4v) is 2.13. The van der Waals surface area contributed by atoms with Crippen LogP contribution in [0.1, 0.15) is 10.4 Å². The molecule has 2 aromatic carbocycles. The fraction of sp³-hybridized carbons (Fsp3) is 0.235. The molecule has 0 atom stereocenters. The molecule has 0 aliphatic rings. The number of carbonyl (C=O) groups is 1. The predicted molar refractivity (Wildman–Crippen MR) is 89.5 cm³/mol. The van der Waals surface area contributed by atoms with E-state index in [9.17, 15) is 4.79 Å².